The average molecular weight is 518 g/mol. The number of para-hydroxylation sites is 2. The third kappa shape index (κ3) is 5.99. The Morgan fingerprint density at radius 1 is 1.08 bits per heavy atom. The molecule has 2 amide bonds. The Balaban J connectivity index is 1.26. The molecule has 0 saturated heterocycles. The lowest BCUT2D eigenvalue weighted by Crippen LogP contribution is -2.38. The molecule has 1 aliphatic rings. The molecule has 0 bridgehead atoms. The van der Waals surface area contributed by atoms with E-state index in [2.05, 4.69) is 27.1 Å². The topological polar surface area (TPSA) is 91.4 Å². The minimum absolute atomic E-state index is 0.0525. The number of H-pyrrole nitrogens is 1. The Labute approximate surface area is 220 Å². The quantitative estimate of drug-likeness (QED) is 0.380. The Morgan fingerprint density at radius 2 is 1.84 bits per heavy atom. The number of nitrogens with zero attached hydrogens (tertiary/aromatic N) is 4. The number of rotatable bonds is 6. The molecule has 4 aromatic rings. The van der Waals surface area contributed by atoms with Crippen molar-refractivity contribution < 1.29 is 14.3 Å². The number of hydrogen-bond donors (Lipinski definition) is 1. The summed E-state index contributed by atoms with van der Waals surface area (Å²) in [6, 6.07) is 16.0. The number of hydrogen-bond acceptors (Lipinski definition) is 6. The predicted octanol–water partition coefficient (Wildman–Crippen LogP) is 5.20. The number of aromatic amines is 1. The van der Waals surface area contributed by atoms with E-state index in [1.807, 2.05) is 67.4 Å². The lowest BCUT2D eigenvalue weighted by Gasteiger charge is -2.28. The van der Waals surface area contributed by atoms with Gasteiger partial charge in [-0.15, -0.1) is 11.3 Å². The second kappa shape index (κ2) is 10.3. The molecular weight excluding hydrogens is 486 g/mol. The third-order valence-electron chi connectivity index (χ3n) is 6.22. The van der Waals surface area contributed by atoms with Gasteiger partial charge in [-0.1, -0.05) is 36.4 Å². The van der Waals surface area contributed by atoms with E-state index in [-0.39, 0.29) is 12.5 Å². The van der Waals surface area contributed by atoms with Crippen LogP contribution in [0.1, 0.15) is 53.2 Å². The van der Waals surface area contributed by atoms with Crippen molar-refractivity contribution >= 4 is 34.4 Å². The number of carbonyl (C=O) groups excluding carboxylic acids is 2. The molecule has 1 N–H and O–H groups in total. The molecule has 2 aromatic carbocycles. The van der Waals surface area contributed by atoms with Gasteiger partial charge in [0.05, 0.1) is 22.6 Å². The van der Waals surface area contributed by atoms with Gasteiger partial charge in [-0.05, 0) is 50.5 Å². The molecule has 37 heavy (non-hydrogen) atoms. The Bertz CT molecular complexity index is 1390. The van der Waals surface area contributed by atoms with E-state index in [4.69, 9.17) is 4.74 Å². The van der Waals surface area contributed by atoms with E-state index in [1.165, 1.54) is 22.5 Å². The number of thiazole rings is 1. The highest BCUT2D eigenvalue weighted by atomic mass is 32.1. The SMILES string of the molecule is CC(C)(C)OC(=O)N(CCc1nc(C(=O)N2CCc3ccccc3C2)cs1)Cc1nc2ccccc2[nH]1. The lowest BCUT2D eigenvalue weighted by molar-refractivity contribution is 0.0231. The zero-order chi connectivity index (χ0) is 26.0. The number of benzene rings is 2. The van der Waals surface area contributed by atoms with E-state index in [0.29, 0.717) is 37.6 Å². The highest BCUT2D eigenvalue weighted by Crippen LogP contribution is 2.22. The zero-order valence-electron chi connectivity index (χ0n) is 21.4. The highest BCUT2D eigenvalue weighted by Gasteiger charge is 2.25. The fraction of sp³-hybridized carbons (Fsp3) is 0.357. The Morgan fingerprint density at radius 3 is 2.62 bits per heavy atom. The molecule has 5 rings (SSSR count). The maximum absolute atomic E-state index is 13.1. The summed E-state index contributed by atoms with van der Waals surface area (Å²) in [6.07, 6.45) is 0.957. The standard InChI is InChI=1S/C28H31N5O3S/c1-28(2,3)36-27(35)33(17-24-29-21-10-6-7-11-22(21)30-24)15-13-25-31-23(18-37-25)26(34)32-14-12-19-8-4-5-9-20(19)16-32/h4-11,18H,12-17H2,1-3H3,(H,29,30). The summed E-state index contributed by atoms with van der Waals surface area (Å²) in [6.45, 7) is 7.52. The van der Waals surface area contributed by atoms with Crippen molar-refractivity contribution in [2.45, 2.75) is 52.3 Å². The first-order chi connectivity index (χ1) is 17.7. The molecule has 9 heteroatoms. The molecular formula is C28H31N5O3S. The van der Waals surface area contributed by atoms with Gasteiger partial charge in [-0.3, -0.25) is 4.79 Å². The molecule has 0 fully saturated rings. The molecule has 0 atom stereocenters. The molecule has 8 nitrogen and oxygen atoms in total. The predicted molar refractivity (Wildman–Crippen MR) is 143 cm³/mol. The van der Waals surface area contributed by atoms with E-state index in [1.54, 1.807) is 4.90 Å². The summed E-state index contributed by atoms with van der Waals surface area (Å²) in [7, 11) is 0. The monoisotopic (exact) mass is 517 g/mol. The summed E-state index contributed by atoms with van der Waals surface area (Å²) < 4.78 is 5.65. The van der Waals surface area contributed by atoms with Crippen molar-refractivity contribution in [3.8, 4) is 0 Å². The van der Waals surface area contributed by atoms with Gasteiger partial charge < -0.3 is 19.5 Å². The third-order valence-corrected chi connectivity index (χ3v) is 7.12. The van der Waals surface area contributed by atoms with Crippen molar-refractivity contribution in [2.24, 2.45) is 0 Å². The number of carbonyl (C=O) groups is 2. The number of ether oxygens (including phenoxy) is 1. The van der Waals surface area contributed by atoms with Crippen molar-refractivity contribution in [3.63, 3.8) is 0 Å². The van der Waals surface area contributed by atoms with Crippen LogP contribution in [0.3, 0.4) is 0 Å². The van der Waals surface area contributed by atoms with Gasteiger partial charge in [0.2, 0.25) is 0 Å². The van der Waals surface area contributed by atoms with Crippen LogP contribution in [0.25, 0.3) is 11.0 Å². The summed E-state index contributed by atoms with van der Waals surface area (Å²) in [5.74, 6) is 0.635. The second-order valence-corrected chi connectivity index (χ2v) is 11.2. The van der Waals surface area contributed by atoms with Crippen molar-refractivity contribution in [1.29, 1.82) is 0 Å². The fourth-order valence-corrected chi connectivity index (χ4v) is 5.17. The molecule has 0 unspecified atom stereocenters. The highest BCUT2D eigenvalue weighted by molar-refractivity contribution is 7.09. The Kier molecular flexibility index (Phi) is 6.97. The molecule has 0 spiro atoms. The van der Waals surface area contributed by atoms with Crippen molar-refractivity contribution in [1.82, 2.24) is 24.8 Å². The van der Waals surface area contributed by atoms with Gasteiger partial charge in [0.15, 0.2) is 0 Å². The number of amides is 2. The van der Waals surface area contributed by atoms with Crippen LogP contribution >= 0.6 is 11.3 Å². The fourth-order valence-electron chi connectivity index (χ4n) is 4.41. The smallest absolute Gasteiger partial charge is 0.410 e. The maximum atomic E-state index is 13.1. The summed E-state index contributed by atoms with van der Waals surface area (Å²) >= 11 is 1.44. The van der Waals surface area contributed by atoms with E-state index >= 15 is 0 Å². The first-order valence-corrected chi connectivity index (χ1v) is 13.4. The summed E-state index contributed by atoms with van der Waals surface area (Å²) in [4.78, 5) is 42.1. The molecule has 0 aliphatic carbocycles. The molecule has 3 heterocycles. The van der Waals surface area contributed by atoms with Crippen LogP contribution in [0.2, 0.25) is 0 Å². The minimum atomic E-state index is -0.614. The van der Waals surface area contributed by atoms with Crippen LogP contribution in [0.15, 0.2) is 53.9 Å². The van der Waals surface area contributed by atoms with Crippen molar-refractivity contribution in [2.75, 3.05) is 13.1 Å². The van der Waals surface area contributed by atoms with E-state index in [0.717, 1.165) is 22.5 Å². The number of imidazole rings is 1. The van der Waals surface area contributed by atoms with Crippen LogP contribution < -0.4 is 0 Å². The lowest BCUT2D eigenvalue weighted by atomic mass is 10.00. The van der Waals surface area contributed by atoms with Gasteiger partial charge in [0.25, 0.3) is 5.91 Å². The second-order valence-electron chi connectivity index (χ2n) is 10.2. The average Bonchev–Trinajstić information content (AvgIpc) is 3.51. The summed E-state index contributed by atoms with van der Waals surface area (Å²) in [5.41, 5.74) is 4.11. The Hall–Kier alpha value is -3.72. The summed E-state index contributed by atoms with van der Waals surface area (Å²) in [5, 5.41) is 2.62. The molecule has 0 saturated carbocycles. The maximum Gasteiger partial charge on any atom is 0.410 e. The van der Waals surface area contributed by atoms with Gasteiger partial charge in [0, 0.05) is 31.4 Å². The van der Waals surface area contributed by atoms with E-state index in [9.17, 15) is 9.59 Å². The first kappa shape index (κ1) is 25.0. The van der Waals surface area contributed by atoms with Crippen molar-refractivity contribution in [3.05, 3.63) is 81.6 Å². The molecule has 2 aromatic heterocycles. The van der Waals surface area contributed by atoms with E-state index < -0.39 is 11.7 Å². The zero-order valence-corrected chi connectivity index (χ0v) is 22.2. The number of aromatic nitrogens is 3. The minimum Gasteiger partial charge on any atom is -0.444 e. The van der Waals surface area contributed by atoms with Crippen LogP contribution in [0, 0.1) is 0 Å². The normalized spacial score (nSPS) is 13.4. The van der Waals surface area contributed by atoms with Gasteiger partial charge in [-0.25, -0.2) is 14.8 Å². The number of fused-ring (bicyclic) bond motifs is 2. The number of nitrogens with one attached hydrogen (secondary N) is 1. The van der Waals surface area contributed by atoms with Crippen LogP contribution in [0.4, 0.5) is 4.79 Å². The van der Waals surface area contributed by atoms with Gasteiger partial charge in [0.1, 0.15) is 17.1 Å². The molecule has 0 radical (unpaired) electrons. The van der Waals surface area contributed by atoms with Crippen LogP contribution in [-0.2, 0) is 30.7 Å². The largest absolute Gasteiger partial charge is 0.444 e. The molecule has 192 valence electrons. The first-order valence-electron chi connectivity index (χ1n) is 12.5. The molecule has 1 aliphatic heterocycles. The van der Waals surface area contributed by atoms with Crippen LogP contribution in [0.5, 0.6) is 0 Å². The van der Waals surface area contributed by atoms with Crippen LogP contribution in [-0.4, -0.2) is 55.4 Å². The van der Waals surface area contributed by atoms with Gasteiger partial charge in [-0.2, -0.15) is 0 Å². The van der Waals surface area contributed by atoms with Gasteiger partial charge >= 0.3 is 6.09 Å².